The van der Waals surface area contributed by atoms with E-state index in [0.717, 1.165) is 25.2 Å². The Bertz CT molecular complexity index is 631. The summed E-state index contributed by atoms with van der Waals surface area (Å²) in [5.74, 6) is 0.898. The van der Waals surface area contributed by atoms with Gasteiger partial charge in [0, 0.05) is 6.42 Å². The Morgan fingerprint density at radius 2 is 1.45 bits per heavy atom. The summed E-state index contributed by atoms with van der Waals surface area (Å²) in [6, 6.07) is 21.2. The van der Waals surface area contributed by atoms with E-state index in [1.54, 1.807) is 0 Å². The summed E-state index contributed by atoms with van der Waals surface area (Å²) in [6.07, 6.45) is 2.79. The minimum Gasteiger partial charge on any atom is -0.473 e. The Hall–Kier alpha value is -2.09. The monoisotopic (exact) mass is 293 g/mol. The molecule has 2 heteroatoms. The number of rotatable bonds is 5. The quantitative estimate of drug-likeness (QED) is 0.798. The van der Waals surface area contributed by atoms with Gasteiger partial charge in [0.2, 0.25) is 0 Å². The summed E-state index contributed by atoms with van der Waals surface area (Å²) >= 11 is 0. The van der Waals surface area contributed by atoms with Crippen LogP contribution in [-0.2, 0) is 17.6 Å². The van der Waals surface area contributed by atoms with Crippen LogP contribution in [-0.4, -0.2) is 17.5 Å². The molecule has 0 bridgehead atoms. The predicted molar refractivity (Wildman–Crippen MR) is 91.3 cm³/mol. The van der Waals surface area contributed by atoms with Gasteiger partial charge in [-0.05, 0) is 37.8 Å². The van der Waals surface area contributed by atoms with E-state index in [2.05, 4.69) is 62.4 Å². The van der Waals surface area contributed by atoms with Crippen molar-refractivity contribution < 1.29 is 4.74 Å². The molecule has 0 aromatic heterocycles. The molecular weight excluding hydrogens is 270 g/mol. The summed E-state index contributed by atoms with van der Waals surface area (Å²) in [5.41, 5.74) is 2.43. The molecule has 114 valence electrons. The summed E-state index contributed by atoms with van der Waals surface area (Å²) in [4.78, 5) is 4.85. The molecule has 0 N–H and O–H groups in total. The summed E-state index contributed by atoms with van der Waals surface area (Å²) in [6.45, 7) is 4.28. The van der Waals surface area contributed by atoms with Crippen molar-refractivity contribution in [2.24, 2.45) is 4.99 Å². The van der Waals surface area contributed by atoms with Crippen LogP contribution >= 0.6 is 0 Å². The predicted octanol–water partition coefficient (Wildman–Crippen LogP) is 4.44. The minimum absolute atomic E-state index is 0.195. The lowest BCUT2D eigenvalue weighted by atomic mass is 9.93. The maximum atomic E-state index is 6.11. The van der Waals surface area contributed by atoms with Crippen molar-refractivity contribution >= 4 is 5.90 Å². The Balaban J connectivity index is 1.65. The SMILES string of the molecule is CC1(C)OC(CCc2ccccc2)=NC1Cc1ccccc1. The second-order valence-corrected chi connectivity index (χ2v) is 6.42. The number of aryl methyl sites for hydroxylation is 1. The minimum atomic E-state index is -0.220. The average Bonchev–Trinajstić information content (AvgIpc) is 2.81. The van der Waals surface area contributed by atoms with Gasteiger partial charge in [-0.25, -0.2) is 4.99 Å². The van der Waals surface area contributed by atoms with E-state index < -0.39 is 0 Å². The molecule has 0 spiro atoms. The number of hydrogen-bond donors (Lipinski definition) is 0. The number of ether oxygens (including phenoxy) is 1. The van der Waals surface area contributed by atoms with Gasteiger partial charge in [0.15, 0.2) is 5.90 Å². The highest BCUT2D eigenvalue weighted by atomic mass is 16.5. The molecule has 0 aliphatic carbocycles. The van der Waals surface area contributed by atoms with E-state index in [4.69, 9.17) is 9.73 Å². The molecule has 1 aliphatic heterocycles. The first-order valence-corrected chi connectivity index (χ1v) is 7.97. The molecule has 3 rings (SSSR count). The number of hydrogen-bond acceptors (Lipinski definition) is 2. The van der Waals surface area contributed by atoms with Gasteiger partial charge in [0.1, 0.15) is 5.60 Å². The molecule has 0 fully saturated rings. The Morgan fingerprint density at radius 1 is 0.864 bits per heavy atom. The van der Waals surface area contributed by atoms with Crippen molar-refractivity contribution in [1.82, 2.24) is 0 Å². The zero-order valence-corrected chi connectivity index (χ0v) is 13.3. The third-order valence-corrected chi connectivity index (χ3v) is 4.23. The van der Waals surface area contributed by atoms with Crippen LogP contribution in [0, 0.1) is 0 Å². The van der Waals surface area contributed by atoms with E-state index in [-0.39, 0.29) is 11.6 Å². The molecule has 0 amide bonds. The van der Waals surface area contributed by atoms with Crippen LogP contribution in [0.5, 0.6) is 0 Å². The maximum absolute atomic E-state index is 6.11. The standard InChI is InChI=1S/C20H23NO/c1-20(2)18(15-17-11-7-4-8-12-17)21-19(22-20)14-13-16-9-5-3-6-10-16/h3-12,18H,13-15H2,1-2H3. The zero-order chi connectivity index (χ0) is 15.4. The normalized spacial score (nSPS) is 19.5. The number of benzene rings is 2. The van der Waals surface area contributed by atoms with Crippen LogP contribution in [0.1, 0.15) is 31.4 Å². The third kappa shape index (κ3) is 3.56. The fourth-order valence-corrected chi connectivity index (χ4v) is 2.87. The van der Waals surface area contributed by atoms with Crippen molar-refractivity contribution in [2.45, 2.75) is 44.8 Å². The largest absolute Gasteiger partial charge is 0.473 e. The number of aliphatic imine (C=N–C) groups is 1. The molecule has 2 nitrogen and oxygen atoms in total. The van der Waals surface area contributed by atoms with Gasteiger partial charge in [-0.2, -0.15) is 0 Å². The molecule has 1 atom stereocenters. The van der Waals surface area contributed by atoms with Crippen molar-refractivity contribution in [2.75, 3.05) is 0 Å². The van der Waals surface area contributed by atoms with Gasteiger partial charge >= 0.3 is 0 Å². The van der Waals surface area contributed by atoms with Crippen LogP contribution in [0.25, 0.3) is 0 Å². The summed E-state index contributed by atoms with van der Waals surface area (Å²) in [7, 11) is 0. The van der Waals surface area contributed by atoms with E-state index in [0.29, 0.717) is 0 Å². The van der Waals surface area contributed by atoms with Crippen molar-refractivity contribution in [3.8, 4) is 0 Å². The first-order chi connectivity index (χ1) is 10.6. The van der Waals surface area contributed by atoms with E-state index in [1.807, 2.05) is 12.1 Å². The average molecular weight is 293 g/mol. The fourth-order valence-electron chi connectivity index (χ4n) is 2.87. The van der Waals surface area contributed by atoms with Crippen molar-refractivity contribution in [1.29, 1.82) is 0 Å². The first-order valence-electron chi connectivity index (χ1n) is 7.97. The topological polar surface area (TPSA) is 21.6 Å². The van der Waals surface area contributed by atoms with Gasteiger partial charge in [0.05, 0.1) is 6.04 Å². The van der Waals surface area contributed by atoms with E-state index in [9.17, 15) is 0 Å². The van der Waals surface area contributed by atoms with E-state index in [1.165, 1.54) is 11.1 Å². The highest BCUT2D eigenvalue weighted by Gasteiger charge is 2.37. The Kier molecular flexibility index (Phi) is 4.28. The molecule has 2 aromatic rings. The second kappa shape index (κ2) is 6.35. The highest BCUT2D eigenvalue weighted by Crippen LogP contribution is 2.29. The Morgan fingerprint density at radius 3 is 2.09 bits per heavy atom. The Labute approximate surface area is 132 Å². The molecular formula is C20H23NO. The summed E-state index contributed by atoms with van der Waals surface area (Å²) in [5, 5.41) is 0. The smallest absolute Gasteiger partial charge is 0.184 e. The van der Waals surface area contributed by atoms with Gasteiger partial charge in [-0.15, -0.1) is 0 Å². The first kappa shape index (κ1) is 14.8. The molecule has 2 aromatic carbocycles. The molecule has 1 unspecified atom stereocenters. The van der Waals surface area contributed by atoms with E-state index >= 15 is 0 Å². The molecule has 1 aliphatic rings. The van der Waals surface area contributed by atoms with Gasteiger partial charge < -0.3 is 4.74 Å². The molecule has 0 saturated carbocycles. The van der Waals surface area contributed by atoms with Gasteiger partial charge in [-0.1, -0.05) is 60.7 Å². The lowest BCUT2D eigenvalue weighted by Gasteiger charge is -2.25. The lowest BCUT2D eigenvalue weighted by molar-refractivity contribution is 0.0936. The van der Waals surface area contributed by atoms with Crippen LogP contribution < -0.4 is 0 Å². The zero-order valence-electron chi connectivity index (χ0n) is 13.3. The van der Waals surface area contributed by atoms with Crippen molar-refractivity contribution in [3.63, 3.8) is 0 Å². The van der Waals surface area contributed by atoms with Crippen LogP contribution in [0.15, 0.2) is 65.7 Å². The lowest BCUT2D eigenvalue weighted by Crippen LogP contribution is -2.34. The third-order valence-electron chi connectivity index (χ3n) is 4.23. The van der Waals surface area contributed by atoms with Crippen LogP contribution in [0.2, 0.25) is 0 Å². The molecule has 0 radical (unpaired) electrons. The van der Waals surface area contributed by atoms with Gasteiger partial charge in [0.25, 0.3) is 0 Å². The molecule has 1 heterocycles. The van der Waals surface area contributed by atoms with Crippen molar-refractivity contribution in [3.05, 3.63) is 71.8 Å². The summed E-state index contributed by atoms with van der Waals surface area (Å²) < 4.78 is 6.11. The van der Waals surface area contributed by atoms with Crippen LogP contribution in [0.4, 0.5) is 0 Å². The molecule has 22 heavy (non-hydrogen) atoms. The number of nitrogens with zero attached hydrogens (tertiary/aromatic N) is 1. The van der Waals surface area contributed by atoms with Crippen LogP contribution in [0.3, 0.4) is 0 Å². The molecule has 0 saturated heterocycles. The highest BCUT2D eigenvalue weighted by molar-refractivity contribution is 5.79. The van der Waals surface area contributed by atoms with Gasteiger partial charge in [-0.3, -0.25) is 0 Å². The maximum Gasteiger partial charge on any atom is 0.184 e. The second-order valence-electron chi connectivity index (χ2n) is 6.42. The fraction of sp³-hybridized carbons (Fsp3) is 0.350.